The first-order valence-corrected chi connectivity index (χ1v) is 9.76. The van der Waals surface area contributed by atoms with Crippen molar-refractivity contribution in [3.8, 4) is 5.75 Å². The zero-order chi connectivity index (χ0) is 17.3. The molecule has 3 heteroatoms. The van der Waals surface area contributed by atoms with Gasteiger partial charge >= 0.3 is 0 Å². The lowest BCUT2D eigenvalue weighted by atomic mass is 10.3. The molecule has 0 saturated carbocycles. The van der Waals surface area contributed by atoms with Gasteiger partial charge < -0.3 is 9.47 Å². The van der Waals surface area contributed by atoms with Gasteiger partial charge in [0.15, 0.2) is 14.7 Å². The van der Waals surface area contributed by atoms with Gasteiger partial charge in [-0.2, -0.15) is 0 Å². The Morgan fingerprint density at radius 2 is 1.28 bits per heavy atom. The van der Waals surface area contributed by atoms with E-state index in [4.69, 9.17) is 9.47 Å². The largest absolute Gasteiger partial charge is 0.491 e. The maximum absolute atomic E-state index is 5.85. The minimum absolute atomic E-state index is 0.145. The van der Waals surface area contributed by atoms with Crippen molar-refractivity contribution in [1.82, 2.24) is 0 Å². The highest BCUT2D eigenvalue weighted by molar-refractivity contribution is 7.97. The molecule has 3 aromatic carbocycles. The summed E-state index contributed by atoms with van der Waals surface area (Å²) in [5.41, 5.74) is 0. The molecule has 0 N–H and O–H groups in total. The number of hydrogen-bond donors (Lipinski definition) is 0. The lowest BCUT2D eigenvalue weighted by molar-refractivity contribution is 0.110. The molecule has 0 bridgehead atoms. The molecular formula is C22H23O2S+. The van der Waals surface area contributed by atoms with Gasteiger partial charge in [0.25, 0.3) is 0 Å². The third kappa shape index (κ3) is 4.88. The van der Waals surface area contributed by atoms with Crippen LogP contribution in [-0.2, 0) is 15.6 Å². The Labute approximate surface area is 152 Å². The van der Waals surface area contributed by atoms with E-state index in [9.17, 15) is 0 Å². The van der Waals surface area contributed by atoms with E-state index in [0.717, 1.165) is 12.4 Å². The molecule has 3 aromatic rings. The van der Waals surface area contributed by atoms with Crippen molar-refractivity contribution in [3.05, 3.63) is 84.9 Å². The van der Waals surface area contributed by atoms with Gasteiger partial charge in [-0.05, 0) is 43.3 Å². The van der Waals surface area contributed by atoms with Gasteiger partial charge in [0.05, 0.1) is 17.5 Å². The number of ether oxygens (including phenoxy) is 2. The van der Waals surface area contributed by atoms with Gasteiger partial charge in [0, 0.05) is 12.7 Å². The topological polar surface area (TPSA) is 18.5 Å². The number of rotatable bonds is 8. The Morgan fingerprint density at radius 3 is 1.88 bits per heavy atom. The average Bonchev–Trinajstić information content (AvgIpc) is 2.68. The van der Waals surface area contributed by atoms with E-state index in [0.29, 0.717) is 13.2 Å². The van der Waals surface area contributed by atoms with Crippen LogP contribution < -0.4 is 4.74 Å². The fourth-order valence-corrected chi connectivity index (χ4v) is 4.70. The van der Waals surface area contributed by atoms with Crippen LogP contribution in [0.3, 0.4) is 0 Å². The fourth-order valence-electron chi connectivity index (χ4n) is 2.58. The van der Waals surface area contributed by atoms with Crippen LogP contribution in [0.25, 0.3) is 0 Å². The Kier molecular flexibility index (Phi) is 6.55. The zero-order valence-corrected chi connectivity index (χ0v) is 15.2. The fraction of sp³-hybridized carbons (Fsp3) is 0.182. The summed E-state index contributed by atoms with van der Waals surface area (Å²) in [5.74, 6) is 0.890. The summed E-state index contributed by atoms with van der Waals surface area (Å²) in [7, 11) is -0.145. The van der Waals surface area contributed by atoms with Crippen LogP contribution in [-0.4, -0.2) is 19.8 Å². The molecule has 3 rings (SSSR count). The molecule has 0 radical (unpaired) electrons. The molecular weight excluding hydrogens is 328 g/mol. The lowest BCUT2D eigenvalue weighted by Gasteiger charge is -2.10. The Bertz CT molecular complexity index is 720. The van der Waals surface area contributed by atoms with E-state index < -0.39 is 0 Å². The Balaban J connectivity index is 1.89. The summed E-state index contributed by atoms with van der Waals surface area (Å²) in [6, 6.07) is 29.7. The van der Waals surface area contributed by atoms with Crippen molar-refractivity contribution in [1.29, 1.82) is 0 Å². The quantitative estimate of drug-likeness (QED) is 0.410. The standard InChI is InChI=1S/C22H23O2S/c1-2-23-16-17-24-19-10-9-15-22(18-19)25(20-11-5-3-6-12-20)21-13-7-4-8-14-21/h3-15,18H,2,16-17H2,1H3/q+1. The molecule has 0 atom stereocenters. The van der Waals surface area contributed by atoms with Crippen LogP contribution >= 0.6 is 0 Å². The second kappa shape index (κ2) is 9.30. The van der Waals surface area contributed by atoms with Crippen molar-refractivity contribution in [2.24, 2.45) is 0 Å². The van der Waals surface area contributed by atoms with E-state index in [-0.39, 0.29) is 10.9 Å². The average molecular weight is 351 g/mol. The summed E-state index contributed by atoms with van der Waals surface area (Å²) in [4.78, 5) is 3.87. The molecule has 128 valence electrons. The first-order valence-electron chi connectivity index (χ1n) is 8.53. The van der Waals surface area contributed by atoms with Crippen molar-refractivity contribution >= 4 is 10.9 Å². The zero-order valence-electron chi connectivity index (χ0n) is 14.4. The van der Waals surface area contributed by atoms with E-state index in [1.807, 2.05) is 13.0 Å². The van der Waals surface area contributed by atoms with Crippen molar-refractivity contribution in [3.63, 3.8) is 0 Å². The smallest absolute Gasteiger partial charge is 0.170 e. The van der Waals surface area contributed by atoms with Crippen LogP contribution in [0, 0.1) is 0 Å². The minimum atomic E-state index is -0.145. The molecule has 0 aliphatic rings. The highest BCUT2D eigenvalue weighted by Gasteiger charge is 2.28. The van der Waals surface area contributed by atoms with Gasteiger partial charge in [0.1, 0.15) is 12.4 Å². The summed E-state index contributed by atoms with van der Waals surface area (Å²) in [6.07, 6.45) is 0. The van der Waals surface area contributed by atoms with Crippen LogP contribution in [0.15, 0.2) is 99.6 Å². The predicted octanol–water partition coefficient (Wildman–Crippen LogP) is 5.20. The normalized spacial score (nSPS) is 10.8. The third-order valence-electron chi connectivity index (χ3n) is 3.70. The van der Waals surface area contributed by atoms with E-state index in [1.165, 1.54) is 14.7 Å². The highest BCUT2D eigenvalue weighted by atomic mass is 32.2. The van der Waals surface area contributed by atoms with E-state index >= 15 is 0 Å². The van der Waals surface area contributed by atoms with Gasteiger partial charge in [-0.15, -0.1) is 0 Å². The van der Waals surface area contributed by atoms with E-state index in [2.05, 4.69) is 78.9 Å². The molecule has 0 fully saturated rings. The second-order valence-corrected chi connectivity index (χ2v) is 7.48. The van der Waals surface area contributed by atoms with Crippen LogP contribution in [0.4, 0.5) is 0 Å². The first kappa shape index (κ1) is 17.6. The molecule has 0 heterocycles. The van der Waals surface area contributed by atoms with Crippen molar-refractivity contribution in [2.75, 3.05) is 19.8 Å². The summed E-state index contributed by atoms with van der Waals surface area (Å²) in [5, 5.41) is 0. The van der Waals surface area contributed by atoms with Gasteiger partial charge in [-0.1, -0.05) is 42.5 Å². The molecule has 0 aliphatic heterocycles. The van der Waals surface area contributed by atoms with Gasteiger partial charge in [-0.25, -0.2) is 0 Å². The molecule has 0 saturated heterocycles. The maximum atomic E-state index is 5.85. The van der Waals surface area contributed by atoms with Gasteiger partial charge in [-0.3, -0.25) is 0 Å². The highest BCUT2D eigenvalue weighted by Crippen LogP contribution is 2.32. The molecule has 0 amide bonds. The molecule has 2 nitrogen and oxygen atoms in total. The lowest BCUT2D eigenvalue weighted by Crippen LogP contribution is -2.08. The van der Waals surface area contributed by atoms with Crippen molar-refractivity contribution < 1.29 is 9.47 Å². The summed E-state index contributed by atoms with van der Waals surface area (Å²) >= 11 is 0. The SMILES string of the molecule is CCOCCOc1cccc([S+](c2ccccc2)c2ccccc2)c1. The maximum Gasteiger partial charge on any atom is 0.170 e. The molecule has 0 unspecified atom stereocenters. The first-order chi connectivity index (χ1) is 12.4. The second-order valence-electron chi connectivity index (χ2n) is 5.45. The summed E-state index contributed by atoms with van der Waals surface area (Å²) in [6.45, 7) is 3.90. The van der Waals surface area contributed by atoms with E-state index in [1.54, 1.807) is 0 Å². The molecule has 0 spiro atoms. The molecule has 0 aromatic heterocycles. The Morgan fingerprint density at radius 1 is 0.680 bits per heavy atom. The Hall–Kier alpha value is -2.23. The van der Waals surface area contributed by atoms with Crippen LogP contribution in [0.5, 0.6) is 5.75 Å². The monoisotopic (exact) mass is 351 g/mol. The number of benzene rings is 3. The van der Waals surface area contributed by atoms with Crippen LogP contribution in [0.2, 0.25) is 0 Å². The van der Waals surface area contributed by atoms with Crippen molar-refractivity contribution in [2.45, 2.75) is 21.6 Å². The van der Waals surface area contributed by atoms with Gasteiger partial charge in [0.2, 0.25) is 0 Å². The predicted molar refractivity (Wildman–Crippen MR) is 103 cm³/mol. The minimum Gasteiger partial charge on any atom is -0.491 e. The third-order valence-corrected chi connectivity index (χ3v) is 5.91. The summed E-state index contributed by atoms with van der Waals surface area (Å²) < 4.78 is 11.2. The molecule has 25 heavy (non-hydrogen) atoms. The number of hydrogen-bond acceptors (Lipinski definition) is 2. The molecule has 0 aliphatic carbocycles. The van der Waals surface area contributed by atoms with Crippen LogP contribution in [0.1, 0.15) is 6.92 Å².